The van der Waals surface area contributed by atoms with Gasteiger partial charge >= 0.3 is 0 Å². The molecule has 2 atom stereocenters. The Bertz CT molecular complexity index is 9060. The van der Waals surface area contributed by atoms with E-state index >= 15 is 0 Å². The molecular formula is C126H143N10O5+5. The van der Waals surface area contributed by atoms with Crippen molar-refractivity contribution in [2.45, 2.75) is 263 Å². The highest BCUT2D eigenvalue weighted by atomic mass is 16.4. The lowest BCUT2D eigenvalue weighted by molar-refractivity contribution is -0.660. The Morgan fingerprint density at radius 2 is 0.638 bits per heavy atom. The fourth-order valence-electron chi connectivity index (χ4n) is 19.4. The fraction of sp³-hybridized carbons (Fsp3) is 0.365. The van der Waals surface area contributed by atoms with Crippen LogP contribution in [0.25, 0.3) is 167 Å². The second kappa shape index (κ2) is 39.6. The summed E-state index contributed by atoms with van der Waals surface area (Å²) in [6.07, 6.45) is 6.45. The van der Waals surface area contributed by atoms with E-state index in [4.69, 9.17) is 56.7 Å². The molecule has 22 rings (SSSR count). The van der Waals surface area contributed by atoms with Crippen molar-refractivity contribution in [3.8, 4) is 56.3 Å². The molecule has 0 aliphatic heterocycles. The Labute approximate surface area is 857 Å². The monoisotopic (exact) mass is 1890 g/mol. The lowest BCUT2D eigenvalue weighted by Gasteiger charge is -2.20. The molecule has 0 amide bonds. The Morgan fingerprint density at radius 3 is 0.979 bits per heavy atom. The van der Waals surface area contributed by atoms with E-state index < -0.39 is 62.8 Å². The van der Waals surface area contributed by atoms with Gasteiger partial charge in [0.05, 0.1) is 27.8 Å². The largest absolute Gasteiger partial charge is 0.437 e. The van der Waals surface area contributed by atoms with Crippen molar-refractivity contribution in [1.29, 1.82) is 0 Å². The molecule has 15 heteroatoms. The van der Waals surface area contributed by atoms with Gasteiger partial charge in [-0.3, -0.25) is 0 Å². The van der Waals surface area contributed by atoms with Gasteiger partial charge in [0.2, 0.25) is 57.0 Å². The summed E-state index contributed by atoms with van der Waals surface area (Å²) in [5.41, 5.74) is 28.2. The number of benzene rings is 5. The lowest BCUT2D eigenvalue weighted by atomic mass is 9.86. The van der Waals surface area contributed by atoms with E-state index in [1.165, 1.54) is 47.4 Å². The van der Waals surface area contributed by atoms with Gasteiger partial charge in [-0.05, 0) is 225 Å². The molecule has 0 radical (unpaired) electrons. The molecule has 0 N–H and O–H groups in total. The molecule has 0 bridgehead atoms. The van der Waals surface area contributed by atoms with Crippen molar-refractivity contribution >= 4 is 110 Å². The third-order valence-corrected chi connectivity index (χ3v) is 27.8. The second-order valence-corrected chi connectivity index (χ2v) is 41.1. The van der Waals surface area contributed by atoms with Crippen LogP contribution in [0.4, 0.5) is 0 Å². The first kappa shape index (κ1) is 77.4. The summed E-state index contributed by atoms with van der Waals surface area (Å²) in [5.74, 6) is -3.53. The Balaban J connectivity index is 0.000000129. The summed E-state index contributed by atoms with van der Waals surface area (Å²) in [6.45, 7) is 31.2. The zero-order chi connectivity index (χ0) is 115. The van der Waals surface area contributed by atoms with Gasteiger partial charge in [-0.1, -0.05) is 203 Å². The predicted octanol–water partition coefficient (Wildman–Crippen LogP) is 31.4. The van der Waals surface area contributed by atoms with Crippen LogP contribution in [0, 0.1) is 47.0 Å². The maximum atomic E-state index is 9.02. The minimum absolute atomic E-state index is 0.00997. The molecule has 0 spiro atoms. The first-order valence-corrected chi connectivity index (χ1v) is 49.4. The van der Waals surface area contributed by atoms with Crippen LogP contribution in [0.3, 0.4) is 0 Å². The van der Waals surface area contributed by atoms with E-state index in [0.29, 0.717) is 106 Å². The summed E-state index contributed by atoms with van der Waals surface area (Å²) in [4.78, 5) is 23.2. The van der Waals surface area contributed by atoms with Crippen LogP contribution in [0.1, 0.15) is 318 Å². The Morgan fingerprint density at radius 1 is 0.340 bits per heavy atom. The standard InChI is InChI=1S/C27H31N2O.C26H29N2O.C26H31N2O.C25H29N2O.C22H23N2O/c1-17(2)20-14-15-29(4)24(16-20)25-18(3)10-11-21-22-12-13-23(19-8-6-5-7-9-19)28-27(22)30-26(21)25;1-16(2)19-13-14-28(4)23(15-19)24-17(3)9-10-20-21-11-12-22(18-7-5-6-8-18)27-26(21)29-25(20)24;1-16(2)18-12-13-28(7)22(14-18)23-17(3)8-10-20-21-11-9-19(15-26(4,5)6)27-25(21)29-24(20)23;1-15(2)17-12-13-27(7)20(14-17)22-16(3)8-9-18-19-10-11-21(25(4,5)6)26-24(19)28-23(18)22;1-13(2)16-10-11-24(5)19(12-16)20-14(3)6-8-17-18-9-7-15(4)23-22(18)25-21(17)20/h10-17,19H,5-9H2,1-4H3;9-16,18H,5-8H2,1-4H3;8-14,16H,15H2,1-7H3;8-15H,1-7H3;6-13H,1-5H3/q5*+1/i8D2,9D2,19D;7D2,18D;4D3,5D3;;1D3,13D. The van der Waals surface area contributed by atoms with E-state index in [1.54, 1.807) is 36.5 Å². The van der Waals surface area contributed by atoms with Crippen LogP contribution < -0.4 is 22.8 Å². The third kappa shape index (κ3) is 19.7. The van der Waals surface area contributed by atoms with Crippen LogP contribution in [0.15, 0.2) is 235 Å². The van der Waals surface area contributed by atoms with E-state index in [9.17, 15) is 0 Å². The number of nitrogens with zero attached hydrogens (tertiary/aromatic N) is 10. The minimum atomic E-state index is -2.68. The number of pyridine rings is 10. The topological polar surface area (TPSA) is 150 Å². The molecule has 2 aliphatic rings. The molecule has 2 aliphatic carbocycles. The quantitative estimate of drug-likeness (QED) is 0.102. The van der Waals surface area contributed by atoms with E-state index in [1.807, 2.05) is 121 Å². The van der Waals surface area contributed by atoms with Gasteiger partial charge in [0, 0.05) is 185 Å². The van der Waals surface area contributed by atoms with Crippen molar-refractivity contribution in [2.75, 3.05) is 0 Å². The normalized spacial score (nSPS) is 18.3. The molecule has 15 nitrogen and oxygen atoms in total. The summed E-state index contributed by atoms with van der Waals surface area (Å²) in [7, 11) is 10.0. The van der Waals surface area contributed by atoms with Crippen molar-refractivity contribution < 1.29 is 69.6 Å². The van der Waals surface area contributed by atoms with Crippen LogP contribution in [0.2, 0.25) is 0 Å². The van der Waals surface area contributed by atoms with Crippen LogP contribution >= 0.6 is 0 Å². The van der Waals surface area contributed by atoms with Crippen molar-refractivity contribution in [1.82, 2.24) is 24.9 Å². The average molecular weight is 1900 g/mol. The average Bonchev–Trinajstić information content (AvgIpc) is 1.58. The second-order valence-electron chi connectivity index (χ2n) is 41.1. The van der Waals surface area contributed by atoms with Gasteiger partial charge in [-0.25, -0.2) is 47.8 Å². The number of aromatic nitrogens is 10. The molecular weight excluding hydrogens is 1730 g/mol. The number of hydrogen-bond acceptors (Lipinski definition) is 10. The molecule has 141 heavy (non-hydrogen) atoms. The van der Waals surface area contributed by atoms with Gasteiger partial charge in [-0.15, -0.1) is 0 Å². The molecule has 5 aromatic carbocycles. The Kier molecular flexibility index (Phi) is 21.7. The number of hydrogen-bond donors (Lipinski definition) is 0. The van der Waals surface area contributed by atoms with Gasteiger partial charge < -0.3 is 22.1 Å². The molecule has 2 saturated carbocycles. The first-order chi connectivity index (χ1) is 74.3. The number of furan rings is 5. The van der Waals surface area contributed by atoms with Crippen molar-refractivity contribution in [2.24, 2.45) is 40.7 Å². The first-order valence-electron chi connectivity index (χ1n) is 58.4. The van der Waals surface area contributed by atoms with Crippen LogP contribution in [-0.4, -0.2) is 24.9 Å². The van der Waals surface area contributed by atoms with Crippen molar-refractivity contribution in [3.63, 3.8) is 0 Å². The lowest BCUT2D eigenvalue weighted by Crippen LogP contribution is -2.31. The maximum absolute atomic E-state index is 9.02. The molecule has 2 fully saturated rings. The number of fused-ring (bicyclic) bond motifs is 15. The van der Waals surface area contributed by atoms with Gasteiger partial charge in [0.25, 0.3) is 0 Å². The van der Waals surface area contributed by atoms with Crippen molar-refractivity contribution in [3.05, 3.63) is 297 Å². The maximum Gasteiger partial charge on any atom is 0.227 e. The fourth-order valence-corrected chi connectivity index (χ4v) is 19.4. The molecule has 0 saturated heterocycles. The summed E-state index contributed by atoms with van der Waals surface area (Å²) >= 11 is 0. The zero-order valence-electron chi connectivity index (χ0n) is 104. The van der Waals surface area contributed by atoms with Gasteiger partial charge in [0.15, 0.2) is 58.9 Å². The highest BCUT2D eigenvalue weighted by molar-refractivity contribution is 6.13. The minimum Gasteiger partial charge on any atom is -0.437 e. The zero-order valence-corrected chi connectivity index (χ0v) is 86.0. The molecule has 15 aromatic heterocycles. The highest BCUT2D eigenvalue weighted by Crippen LogP contribution is 2.46. The predicted molar refractivity (Wildman–Crippen MR) is 578 cm³/mol. The third-order valence-electron chi connectivity index (χ3n) is 27.8. The van der Waals surface area contributed by atoms with E-state index in [-0.39, 0.29) is 30.4 Å². The molecule has 2 unspecified atom stereocenters. The Hall–Kier alpha value is -13.4. The van der Waals surface area contributed by atoms with E-state index in [0.717, 1.165) is 155 Å². The SMILES string of the molecule is Cc1ccc2c(oc3nc(C(C)(C)C)ccc32)c1-c1cc(C(C)C)cc[n+]1C.[2H]C([2H])([2H])C(C)(Cc1ccc2c(n1)oc1c(-c3cc(C(C)C)cc[n+]3C)c(C)ccc12)C([2H])([2H])[2H].[2H]C([2H])([2H])C([2H])(C)c1cc[n+](C)c(-c2c(C)ccc3c2oc2nc(C)ccc23)c1.[2H]C1([2H])CCCC([2H])([2H])C1([2H])c1ccc2c(n1)oc1c(-c3cc(C(C)C)cc[n+]3C)c(C)ccc12.[2H]C1([2H])CCCC1([2H])c1ccc2c(n1)oc1c(-c3cc(C(C)C)cc[n+]3C)c(C)ccc12. The molecule has 15 heterocycles. The molecule has 20 aromatic rings. The highest BCUT2D eigenvalue weighted by Gasteiger charge is 2.32. The summed E-state index contributed by atoms with van der Waals surface area (Å²) < 4.78 is 190. The number of rotatable bonds is 13. The smallest absolute Gasteiger partial charge is 0.227 e. The van der Waals surface area contributed by atoms with Crippen LogP contribution in [-0.2, 0) is 47.1 Å². The van der Waals surface area contributed by atoms with Gasteiger partial charge in [0.1, 0.15) is 35.2 Å². The summed E-state index contributed by atoms with van der Waals surface area (Å²) in [5, 5.41) is 9.36. The van der Waals surface area contributed by atoms with E-state index in [2.05, 4.69) is 246 Å². The number of aryl methyl sites for hydroxylation is 11. The molecule has 722 valence electrons. The van der Waals surface area contributed by atoms with Crippen LogP contribution in [0.5, 0.6) is 0 Å². The summed E-state index contributed by atoms with van der Waals surface area (Å²) in [6, 6.07) is 60.6. The van der Waals surface area contributed by atoms with Gasteiger partial charge in [-0.2, -0.15) is 0 Å².